The molecule has 0 amide bonds. The minimum absolute atomic E-state index is 0.0412. The second-order valence-electron chi connectivity index (χ2n) is 13.8. The summed E-state index contributed by atoms with van der Waals surface area (Å²) in [6.07, 6.45) is -0.194. The van der Waals surface area contributed by atoms with E-state index in [1.54, 1.807) is 0 Å². The highest BCUT2D eigenvalue weighted by Crippen LogP contribution is 2.40. The van der Waals surface area contributed by atoms with Crippen LogP contribution in [0.25, 0.3) is 65.3 Å². The summed E-state index contributed by atoms with van der Waals surface area (Å²) in [6, 6.07) is 68.3. The average Bonchev–Trinajstić information content (AvgIpc) is 3.24. The van der Waals surface area contributed by atoms with Gasteiger partial charge in [0.15, 0.2) is 0 Å². The lowest BCUT2D eigenvalue weighted by atomic mass is 9.89. The van der Waals surface area contributed by atoms with Crippen molar-refractivity contribution in [3.8, 4) is 22.3 Å². The van der Waals surface area contributed by atoms with Crippen molar-refractivity contribution in [2.24, 2.45) is 0 Å². The summed E-state index contributed by atoms with van der Waals surface area (Å²) in [6.45, 7) is 0. The van der Waals surface area contributed by atoms with Gasteiger partial charge in [0.2, 0.25) is 0 Å². The lowest BCUT2D eigenvalue weighted by molar-refractivity contribution is 0.203. The predicted octanol–water partition coefficient (Wildman–Crippen LogP) is 11.8. The molecule has 0 bridgehead atoms. The number of nitrogens with one attached hydrogen (secondary N) is 3. The van der Waals surface area contributed by atoms with Gasteiger partial charge in [0.25, 0.3) is 0 Å². The molecular formula is C49H37N3. The van der Waals surface area contributed by atoms with E-state index in [0.717, 1.165) is 0 Å². The monoisotopic (exact) mass is 667 g/mol. The molecule has 2 atom stereocenters. The van der Waals surface area contributed by atoms with Crippen LogP contribution in [0, 0.1) is 0 Å². The summed E-state index contributed by atoms with van der Waals surface area (Å²) in [5, 5.41) is 21.9. The Labute approximate surface area is 303 Å². The lowest BCUT2D eigenvalue weighted by Gasteiger charge is -2.40. The smallest absolute Gasteiger partial charge is 0.0870 e. The highest BCUT2D eigenvalue weighted by Gasteiger charge is 2.31. The molecule has 10 rings (SSSR count). The van der Waals surface area contributed by atoms with E-state index >= 15 is 0 Å². The first kappa shape index (κ1) is 30.7. The molecular weight excluding hydrogens is 631 g/mol. The molecule has 1 aliphatic rings. The Morgan fingerprint density at radius 3 is 1.33 bits per heavy atom. The van der Waals surface area contributed by atoms with E-state index in [4.69, 9.17) is 0 Å². The molecule has 2 unspecified atom stereocenters. The Morgan fingerprint density at radius 1 is 0.288 bits per heavy atom. The van der Waals surface area contributed by atoms with Gasteiger partial charge in [0, 0.05) is 0 Å². The fourth-order valence-corrected chi connectivity index (χ4v) is 8.27. The predicted molar refractivity (Wildman–Crippen MR) is 218 cm³/mol. The molecule has 3 nitrogen and oxygen atoms in total. The molecule has 0 aliphatic carbocycles. The van der Waals surface area contributed by atoms with Gasteiger partial charge < -0.3 is 0 Å². The van der Waals surface area contributed by atoms with Crippen LogP contribution in [-0.4, -0.2) is 0 Å². The standard InChI is InChI=1S/C49H37N3/c1-3-14-35(15-4-1)47-50-48(36-16-5-2-6-17-36)52-49(51-47)44-30-27-33-13-7-8-18-38(33)46(44)34-25-23-32(24-26-34)37-28-29-43-41-21-10-9-19-39(41)40-20-11-12-22-42(40)45(43)31-37/h1-31,47-52H. The van der Waals surface area contributed by atoms with E-state index in [1.807, 2.05) is 0 Å². The SMILES string of the molecule is c1ccc(C2NC(c3ccccc3)NC(c3ccc4ccccc4c3-c3ccc(-c4ccc5c6ccccc6c6ccccc6c5c4)cc3)N2)cc1. The molecule has 3 N–H and O–H groups in total. The molecule has 52 heavy (non-hydrogen) atoms. The van der Waals surface area contributed by atoms with Crippen LogP contribution in [0.2, 0.25) is 0 Å². The van der Waals surface area contributed by atoms with Gasteiger partial charge in [-0.2, -0.15) is 0 Å². The molecule has 0 radical (unpaired) electrons. The van der Waals surface area contributed by atoms with E-state index in [2.05, 4.69) is 204 Å². The van der Waals surface area contributed by atoms with Crippen LogP contribution in [0.15, 0.2) is 188 Å². The first-order valence-electron chi connectivity index (χ1n) is 18.1. The highest BCUT2D eigenvalue weighted by molar-refractivity contribution is 6.25. The van der Waals surface area contributed by atoms with Crippen molar-refractivity contribution in [2.45, 2.75) is 18.5 Å². The molecule has 1 heterocycles. The van der Waals surface area contributed by atoms with Crippen molar-refractivity contribution in [1.82, 2.24) is 16.0 Å². The van der Waals surface area contributed by atoms with E-state index in [1.165, 1.54) is 82.0 Å². The quantitative estimate of drug-likeness (QED) is 0.160. The summed E-state index contributed by atoms with van der Waals surface area (Å²) in [7, 11) is 0. The van der Waals surface area contributed by atoms with Gasteiger partial charge in [-0.3, -0.25) is 16.0 Å². The number of hydrogen-bond donors (Lipinski definition) is 3. The van der Waals surface area contributed by atoms with E-state index < -0.39 is 0 Å². The maximum absolute atomic E-state index is 3.92. The molecule has 9 aromatic carbocycles. The zero-order chi connectivity index (χ0) is 34.4. The molecule has 9 aromatic rings. The fourth-order valence-electron chi connectivity index (χ4n) is 8.27. The van der Waals surface area contributed by atoms with Gasteiger partial charge in [-0.25, -0.2) is 0 Å². The molecule has 1 aliphatic heterocycles. The van der Waals surface area contributed by atoms with E-state index in [9.17, 15) is 0 Å². The summed E-state index contributed by atoms with van der Waals surface area (Å²) in [5.74, 6) is 0. The Hall–Kier alpha value is -6.10. The third-order valence-corrected chi connectivity index (χ3v) is 10.8. The minimum Gasteiger partial charge on any atom is -0.279 e. The van der Waals surface area contributed by atoms with Crippen molar-refractivity contribution in [1.29, 1.82) is 0 Å². The zero-order valence-electron chi connectivity index (χ0n) is 28.6. The maximum Gasteiger partial charge on any atom is 0.0870 e. The van der Waals surface area contributed by atoms with Gasteiger partial charge in [0.05, 0.1) is 18.5 Å². The number of benzene rings is 9. The number of rotatable bonds is 5. The Morgan fingerprint density at radius 2 is 0.731 bits per heavy atom. The van der Waals surface area contributed by atoms with Crippen LogP contribution < -0.4 is 16.0 Å². The molecule has 1 fully saturated rings. The maximum atomic E-state index is 3.92. The summed E-state index contributed by atoms with van der Waals surface area (Å²) < 4.78 is 0. The van der Waals surface area contributed by atoms with Gasteiger partial charge in [0.1, 0.15) is 0 Å². The van der Waals surface area contributed by atoms with Crippen LogP contribution >= 0.6 is 0 Å². The summed E-state index contributed by atoms with van der Waals surface area (Å²) >= 11 is 0. The topological polar surface area (TPSA) is 36.1 Å². The van der Waals surface area contributed by atoms with Crippen molar-refractivity contribution in [3.63, 3.8) is 0 Å². The molecule has 3 heteroatoms. The molecule has 248 valence electrons. The normalized spacial score (nSPS) is 17.6. The largest absolute Gasteiger partial charge is 0.279 e. The Bertz CT molecular complexity index is 2640. The first-order valence-corrected chi connectivity index (χ1v) is 18.1. The van der Waals surface area contributed by atoms with Gasteiger partial charge in [-0.05, 0) is 88.1 Å². The summed E-state index contributed by atoms with van der Waals surface area (Å²) in [4.78, 5) is 0. The van der Waals surface area contributed by atoms with Gasteiger partial charge in [-0.15, -0.1) is 0 Å². The Kier molecular flexibility index (Phi) is 7.62. The van der Waals surface area contributed by atoms with Crippen molar-refractivity contribution < 1.29 is 0 Å². The van der Waals surface area contributed by atoms with Crippen LogP contribution in [0.3, 0.4) is 0 Å². The van der Waals surface area contributed by atoms with E-state index in [-0.39, 0.29) is 18.5 Å². The van der Waals surface area contributed by atoms with E-state index in [0.29, 0.717) is 0 Å². The van der Waals surface area contributed by atoms with Crippen LogP contribution in [-0.2, 0) is 0 Å². The lowest BCUT2D eigenvalue weighted by Crippen LogP contribution is -2.54. The molecule has 0 saturated carbocycles. The van der Waals surface area contributed by atoms with Crippen LogP contribution in [0.1, 0.15) is 35.2 Å². The number of fused-ring (bicyclic) bond motifs is 7. The first-order chi connectivity index (χ1) is 25.8. The second-order valence-corrected chi connectivity index (χ2v) is 13.8. The van der Waals surface area contributed by atoms with Crippen LogP contribution in [0.5, 0.6) is 0 Å². The second kappa shape index (κ2) is 12.9. The molecule has 1 saturated heterocycles. The van der Waals surface area contributed by atoms with Gasteiger partial charge >= 0.3 is 0 Å². The third kappa shape index (κ3) is 5.35. The zero-order valence-corrected chi connectivity index (χ0v) is 28.6. The highest BCUT2D eigenvalue weighted by atomic mass is 15.4. The summed E-state index contributed by atoms with van der Waals surface area (Å²) in [5.41, 5.74) is 8.50. The van der Waals surface area contributed by atoms with Crippen molar-refractivity contribution >= 4 is 43.1 Å². The molecule has 0 spiro atoms. The van der Waals surface area contributed by atoms with Gasteiger partial charge in [-0.1, -0.05) is 182 Å². The number of hydrogen-bond acceptors (Lipinski definition) is 3. The Balaban J connectivity index is 1.08. The van der Waals surface area contributed by atoms with Crippen molar-refractivity contribution in [2.75, 3.05) is 0 Å². The minimum atomic E-state index is -0.112. The third-order valence-electron chi connectivity index (χ3n) is 10.8. The van der Waals surface area contributed by atoms with Crippen LogP contribution in [0.4, 0.5) is 0 Å². The molecule has 0 aromatic heterocycles. The fraction of sp³-hybridized carbons (Fsp3) is 0.0612. The van der Waals surface area contributed by atoms with Crippen molar-refractivity contribution in [3.05, 3.63) is 205 Å². The average molecular weight is 668 g/mol.